The van der Waals surface area contributed by atoms with Gasteiger partial charge in [0.1, 0.15) is 29.8 Å². The number of nitrogens with zero attached hydrogens (tertiary/aromatic N) is 2. The lowest BCUT2D eigenvalue weighted by molar-refractivity contribution is -0.0408. The summed E-state index contributed by atoms with van der Waals surface area (Å²) in [7, 11) is 1.61. The van der Waals surface area contributed by atoms with Crippen LogP contribution in [-0.4, -0.2) is 55.3 Å². The number of fused-ring (bicyclic) bond motifs is 1. The highest BCUT2D eigenvalue weighted by molar-refractivity contribution is 5.96. The van der Waals surface area contributed by atoms with Crippen LogP contribution in [0.5, 0.6) is 11.5 Å². The van der Waals surface area contributed by atoms with Crippen LogP contribution in [0.1, 0.15) is 16.2 Å². The van der Waals surface area contributed by atoms with Gasteiger partial charge in [-0.2, -0.15) is 0 Å². The quantitative estimate of drug-likeness (QED) is 0.675. The van der Waals surface area contributed by atoms with Gasteiger partial charge in [0.05, 0.1) is 26.5 Å². The van der Waals surface area contributed by atoms with Gasteiger partial charge in [0, 0.05) is 17.6 Å². The molecule has 28 heavy (non-hydrogen) atoms. The van der Waals surface area contributed by atoms with E-state index < -0.39 is 0 Å². The predicted octanol–water partition coefficient (Wildman–Crippen LogP) is 3.06. The maximum Gasteiger partial charge on any atom is 0.289 e. The van der Waals surface area contributed by atoms with Crippen LogP contribution in [0, 0.1) is 6.92 Å². The Bertz CT molecular complexity index is 967. The van der Waals surface area contributed by atoms with Crippen molar-refractivity contribution in [1.82, 2.24) is 9.88 Å². The molecule has 1 amide bonds. The Balaban J connectivity index is 1.40. The van der Waals surface area contributed by atoms with Crippen LogP contribution in [0.2, 0.25) is 0 Å². The summed E-state index contributed by atoms with van der Waals surface area (Å²) in [5, 5.41) is 0.836. The molecule has 2 aromatic heterocycles. The molecule has 3 heterocycles. The summed E-state index contributed by atoms with van der Waals surface area (Å²) < 4.78 is 22.4. The minimum atomic E-state index is -0.205. The Morgan fingerprint density at radius 3 is 2.89 bits per heavy atom. The van der Waals surface area contributed by atoms with Crippen molar-refractivity contribution in [2.45, 2.75) is 13.0 Å². The Hall–Kier alpha value is -3.06. The summed E-state index contributed by atoms with van der Waals surface area (Å²) >= 11 is 0. The van der Waals surface area contributed by atoms with Crippen LogP contribution in [0.15, 0.2) is 47.0 Å². The van der Waals surface area contributed by atoms with Crippen molar-refractivity contribution in [3.8, 4) is 11.5 Å². The Morgan fingerprint density at radius 1 is 1.25 bits per heavy atom. The van der Waals surface area contributed by atoms with E-state index in [4.69, 9.17) is 18.6 Å². The lowest BCUT2D eigenvalue weighted by Crippen LogP contribution is -2.47. The van der Waals surface area contributed by atoms with Gasteiger partial charge in [-0.25, -0.2) is 0 Å². The van der Waals surface area contributed by atoms with Crippen molar-refractivity contribution in [1.29, 1.82) is 0 Å². The van der Waals surface area contributed by atoms with Gasteiger partial charge in [0.25, 0.3) is 5.91 Å². The molecule has 0 aliphatic carbocycles. The lowest BCUT2D eigenvalue weighted by Gasteiger charge is -2.32. The SMILES string of the molecule is COc1ccc2oc(C(=O)N3CCOC(COc4ccc(C)nc4)C3)cc2c1. The van der Waals surface area contributed by atoms with E-state index in [1.165, 1.54) is 0 Å². The van der Waals surface area contributed by atoms with E-state index in [1.807, 2.05) is 31.2 Å². The molecule has 1 aliphatic heterocycles. The number of amides is 1. The zero-order chi connectivity index (χ0) is 19.5. The number of methoxy groups -OCH3 is 1. The van der Waals surface area contributed by atoms with E-state index >= 15 is 0 Å². The third-order valence-corrected chi connectivity index (χ3v) is 4.68. The number of ether oxygens (including phenoxy) is 3. The van der Waals surface area contributed by atoms with Crippen molar-refractivity contribution in [2.24, 2.45) is 0 Å². The zero-order valence-electron chi connectivity index (χ0n) is 15.9. The van der Waals surface area contributed by atoms with Crippen LogP contribution in [0.4, 0.5) is 0 Å². The first-order valence-corrected chi connectivity index (χ1v) is 9.16. The highest BCUT2D eigenvalue weighted by Gasteiger charge is 2.27. The van der Waals surface area contributed by atoms with Crippen molar-refractivity contribution < 1.29 is 23.4 Å². The number of rotatable bonds is 5. The molecule has 1 saturated heterocycles. The molecule has 1 atom stereocenters. The molecule has 3 aromatic rings. The Labute approximate surface area is 162 Å². The van der Waals surface area contributed by atoms with E-state index in [0.29, 0.717) is 43.4 Å². The average Bonchev–Trinajstić information content (AvgIpc) is 3.16. The number of morpholine rings is 1. The van der Waals surface area contributed by atoms with E-state index in [-0.39, 0.29) is 12.0 Å². The fourth-order valence-corrected chi connectivity index (χ4v) is 3.14. The minimum Gasteiger partial charge on any atom is -0.497 e. The normalized spacial score (nSPS) is 16.9. The summed E-state index contributed by atoms with van der Waals surface area (Å²) in [6, 6.07) is 11.0. The molecule has 1 aliphatic rings. The number of carbonyl (C=O) groups is 1. The fourth-order valence-electron chi connectivity index (χ4n) is 3.14. The Kier molecular flexibility index (Phi) is 5.16. The molecule has 4 rings (SSSR count). The van der Waals surface area contributed by atoms with Crippen LogP contribution >= 0.6 is 0 Å². The van der Waals surface area contributed by atoms with Crippen LogP contribution < -0.4 is 9.47 Å². The number of hydrogen-bond acceptors (Lipinski definition) is 6. The zero-order valence-corrected chi connectivity index (χ0v) is 15.9. The Morgan fingerprint density at radius 2 is 2.11 bits per heavy atom. The van der Waals surface area contributed by atoms with Crippen LogP contribution in [0.25, 0.3) is 11.0 Å². The van der Waals surface area contributed by atoms with Gasteiger partial charge in [-0.15, -0.1) is 0 Å². The smallest absolute Gasteiger partial charge is 0.289 e. The molecule has 0 bridgehead atoms. The van der Waals surface area contributed by atoms with Crippen molar-refractivity contribution in [3.05, 3.63) is 54.0 Å². The standard InChI is InChI=1S/C21H22N2O5/c1-14-3-4-17(11-22-14)27-13-18-12-23(7-8-26-18)21(24)20-10-15-9-16(25-2)5-6-19(15)28-20/h3-6,9-11,18H,7-8,12-13H2,1-2H3. The van der Waals surface area contributed by atoms with Gasteiger partial charge in [-0.05, 0) is 43.3 Å². The molecular weight excluding hydrogens is 360 g/mol. The molecule has 1 unspecified atom stereocenters. The first kappa shape index (κ1) is 18.3. The summed E-state index contributed by atoms with van der Waals surface area (Å²) in [6.07, 6.45) is 1.48. The summed E-state index contributed by atoms with van der Waals surface area (Å²) in [5.41, 5.74) is 1.59. The molecule has 146 valence electrons. The highest BCUT2D eigenvalue weighted by atomic mass is 16.5. The van der Waals surface area contributed by atoms with Gasteiger partial charge >= 0.3 is 0 Å². The third kappa shape index (κ3) is 3.94. The van der Waals surface area contributed by atoms with Crippen molar-refractivity contribution in [3.63, 3.8) is 0 Å². The van der Waals surface area contributed by atoms with Gasteiger partial charge in [-0.1, -0.05) is 0 Å². The van der Waals surface area contributed by atoms with Crippen LogP contribution in [0.3, 0.4) is 0 Å². The van der Waals surface area contributed by atoms with Gasteiger partial charge < -0.3 is 23.5 Å². The van der Waals surface area contributed by atoms with E-state index in [9.17, 15) is 4.79 Å². The molecule has 0 spiro atoms. The molecule has 1 aromatic carbocycles. The number of hydrogen-bond donors (Lipinski definition) is 0. The molecule has 0 saturated carbocycles. The third-order valence-electron chi connectivity index (χ3n) is 4.68. The second-order valence-corrected chi connectivity index (χ2v) is 6.70. The molecule has 0 N–H and O–H groups in total. The maximum atomic E-state index is 12.9. The highest BCUT2D eigenvalue weighted by Crippen LogP contribution is 2.25. The minimum absolute atomic E-state index is 0.152. The van der Waals surface area contributed by atoms with Gasteiger partial charge in [0.2, 0.25) is 0 Å². The van der Waals surface area contributed by atoms with Gasteiger partial charge in [-0.3, -0.25) is 9.78 Å². The first-order chi connectivity index (χ1) is 13.6. The number of aryl methyl sites for hydroxylation is 1. The predicted molar refractivity (Wildman–Crippen MR) is 103 cm³/mol. The van der Waals surface area contributed by atoms with Gasteiger partial charge in [0.15, 0.2) is 5.76 Å². The second-order valence-electron chi connectivity index (χ2n) is 6.70. The van der Waals surface area contributed by atoms with E-state index in [1.54, 1.807) is 30.3 Å². The molecular formula is C21H22N2O5. The second kappa shape index (κ2) is 7.90. The first-order valence-electron chi connectivity index (χ1n) is 9.16. The molecule has 7 heteroatoms. The monoisotopic (exact) mass is 382 g/mol. The maximum absolute atomic E-state index is 12.9. The molecule has 1 fully saturated rings. The topological polar surface area (TPSA) is 74.0 Å². The molecule has 7 nitrogen and oxygen atoms in total. The van der Waals surface area contributed by atoms with Crippen molar-refractivity contribution in [2.75, 3.05) is 33.4 Å². The van der Waals surface area contributed by atoms with Crippen molar-refractivity contribution >= 4 is 16.9 Å². The van der Waals surface area contributed by atoms with E-state index in [0.717, 1.165) is 16.8 Å². The summed E-state index contributed by atoms with van der Waals surface area (Å²) in [6.45, 7) is 3.69. The largest absolute Gasteiger partial charge is 0.497 e. The lowest BCUT2D eigenvalue weighted by atomic mass is 10.2. The average molecular weight is 382 g/mol. The summed E-state index contributed by atoms with van der Waals surface area (Å²) in [4.78, 5) is 18.8. The number of aromatic nitrogens is 1. The van der Waals surface area contributed by atoms with E-state index in [2.05, 4.69) is 4.98 Å². The summed E-state index contributed by atoms with van der Waals surface area (Å²) in [5.74, 6) is 1.57. The number of pyridine rings is 1. The van der Waals surface area contributed by atoms with Crippen LogP contribution in [-0.2, 0) is 4.74 Å². The fraction of sp³-hybridized carbons (Fsp3) is 0.333. The molecule has 0 radical (unpaired) electrons. The number of furan rings is 1. The number of carbonyl (C=O) groups excluding carboxylic acids is 1. The number of benzene rings is 1.